The first-order valence-electron chi connectivity index (χ1n) is 9.62. The normalized spacial score (nSPS) is 21.6. The number of ether oxygens (including phenoxy) is 1. The summed E-state index contributed by atoms with van der Waals surface area (Å²) in [6.07, 6.45) is 2.41. The molecule has 150 valence electrons. The first kappa shape index (κ1) is 20.5. The Morgan fingerprint density at radius 1 is 1.22 bits per heavy atom. The molecule has 0 spiro atoms. The standard InChI is InChI=1S/C19H29N3O3S2/c1-15(2)16-5-7-18(8-6-16)27(23,24)22-11-9-21(10-12-22)19(26)20-14-17-4-3-13-25-17/h5-8,15,17H,3-4,9-14H2,1-2H3,(H,20,26)/t17-/m1/s1. The Bertz CT molecular complexity index is 736. The van der Waals surface area contributed by atoms with Gasteiger partial charge in [0, 0.05) is 39.3 Å². The fraction of sp³-hybridized carbons (Fsp3) is 0.632. The zero-order chi connectivity index (χ0) is 19.4. The lowest BCUT2D eigenvalue weighted by Crippen LogP contribution is -2.53. The third-order valence-electron chi connectivity index (χ3n) is 5.22. The van der Waals surface area contributed by atoms with Crippen LogP contribution in [0.2, 0.25) is 0 Å². The highest BCUT2D eigenvalue weighted by molar-refractivity contribution is 7.89. The van der Waals surface area contributed by atoms with Crippen LogP contribution in [0.3, 0.4) is 0 Å². The fourth-order valence-corrected chi connectivity index (χ4v) is 5.11. The van der Waals surface area contributed by atoms with Crippen LogP contribution in [0.25, 0.3) is 0 Å². The van der Waals surface area contributed by atoms with Crippen molar-refractivity contribution in [2.75, 3.05) is 39.3 Å². The number of hydrogen-bond donors (Lipinski definition) is 1. The van der Waals surface area contributed by atoms with Gasteiger partial charge in [0.25, 0.3) is 0 Å². The van der Waals surface area contributed by atoms with Crippen molar-refractivity contribution in [2.24, 2.45) is 0 Å². The van der Waals surface area contributed by atoms with Gasteiger partial charge in [-0.25, -0.2) is 8.42 Å². The van der Waals surface area contributed by atoms with Gasteiger partial charge in [0.1, 0.15) is 0 Å². The van der Waals surface area contributed by atoms with Crippen LogP contribution in [-0.4, -0.2) is 68.2 Å². The Hall–Kier alpha value is -1.22. The lowest BCUT2D eigenvalue weighted by atomic mass is 10.0. The van der Waals surface area contributed by atoms with Crippen molar-refractivity contribution < 1.29 is 13.2 Å². The maximum absolute atomic E-state index is 12.9. The van der Waals surface area contributed by atoms with Gasteiger partial charge >= 0.3 is 0 Å². The number of hydrogen-bond acceptors (Lipinski definition) is 4. The van der Waals surface area contributed by atoms with E-state index in [0.29, 0.717) is 42.1 Å². The average molecular weight is 412 g/mol. The molecule has 3 rings (SSSR count). The third-order valence-corrected chi connectivity index (χ3v) is 7.53. The summed E-state index contributed by atoms with van der Waals surface area (Å²) >= 11 is 5.46. The van der Waals surface area contributed by atoms with E-state index in [1.807, 2.05) is 17.0 Å². The van der Waals surface area contributed by atoms with Crippen molar-refractivity contribution in [3.63, 3.8) is 0 Å². The van der Waals surface area contributed by atoms with Crippen molar-refractivity contribution in [1.82, 2.24) is 14.5 Å². The lowest BCUT2D eigenvalue weighted by molar-refractivity contribution is 0.113. The Morgan fingerprint density at radius 2 is 1.89 bits per heavy atom. The van der Waals surface area contributed by atoms with Gasteiger partial charge in [-0.3, -0.25) is 0 Å². The molecule has 1 aromatic carbocycles. The van der Waals surface area contributed by atoms with Gasteiger partial charge in [0.2, 0.25) is 10.0 Å². The summed E-state index contributed by atoms with van der Waals surface area (Å²) in [5.41, 5.74) is 1.14. The highest BCUT2D eigenvalue weighted by Crippen LogP contribution is 2.21. The average Bonchev–Trinajstić information content (AvgIpc) is 3.20. The van der Waals surface area contributed by atoms with E-state index < -0.39 is 10.0 Å². The second-order valence-electron chi connectivity index (χ2n) is 7.44. The molecule has 2 aliphatic heterocycles. The molecule has 2 aliphatic rings. The van der Waals surface area contributed by atoms with E-state index in [1.165, 1.54) is 0 Å². The first-order chi connectivity index (χ1) is 12.9. The summed E-state index contributed by atoms with van der Waals surface area (Å²) in [5.74, 6) is 0.383. The van der Waals surface area contributed by atoms with E-state index >= 15 is 0 Å². The number of benzene rings is 1. The summed E-state index contributed by atoms with van der Waals surface area (Å²) in [6.45, 7) is 7.82. The molecule has 0 aromatic heterocycles. The molecule has 0 aliphatic carbocycles. The molecule has 8 heteroatoms. The predicted molar refractivity (Wildman–Crippen MR) is 110 cm³/mol. The number of nitrogens with one attached hydrogen (secondary N) is 1. The minimum Gasteiger partial charge on any atom is -0.376 e. The van der Waals surface area contributed by atoms with Crippen LogP contribution in [0, 0.1) is 0 Å². The van der Waals surface area contributed by atoms with Crippen molar-refractivity contribution in [2.45, 2.75) is 43.6 Å². The van der Waals surface area contributed by atoms with Gasteiger partial charge in [-0.2, -0.15) is 4.31 Å². The summed E-state index contributed by atoms with van der Waals surface area (Å²) in [5, 5.41) is 3.94. The molecule has 6 nitrogen and oxygen atoms in total. The topological polar surface area (TPSA) is 61.9 Å². The molecule has 1 atom stereocenters. The van der Waals surface area contributed by atoms with E-state index in [0.717, 1.165) is 31.6 Å². The Balaban J connectivity index is 1.53. The first-order valence-corrected chi connectivity index (χ1v) is 11.5. The van der Waals surface area contributed by atoms with E-state index in [-0.39, 0.29) is 6.10 Å². The maximum atomic E-state index is 12.9. The van der Waals surface area contributed by atoms with Crippen LogP contribution in [0.5, 0.6) is 0 Å². The molecule has 0 saturated carbocycles. The van der Waals surface area contributed by atoms with Crippen molar-refractivity contribution in [3.05, 3.63) is 29.8 Å². The molecule has 2 saturated heterocycles. The van der Waals surface area contributed by atoms with Crippen LogP contribution < -0.4 is 5.32 Å². The molecule has 2 fully saturated rings. The zero-order valence-electron chi connectivity index (χ0n) is 16.1. The Labute approximate surface area is 167 Å². The number of piperazine rings is 1. The van der Waals surface area contributed by atoms with Crippen molar-refractivity contribution in [1.29, 1.82) is 0 Å². The number of rotatable bonds is 5. The quantitative estimate of drug-likeness (QED) is 0.750. The summed E-state index contributed by atoms with van der Waals surface area (Å²) in [7, 11) is -3.46. The molecule has 0 radical (unpaired) electrons. The van der Waals surface area contributed by atoms with E-state index in [1.54, 1.807) is 16.4 Å². The molecule has 0 amide bonds. The van der Waals surface area contributed by atoms with Gasteiger partial charge in [0.05, 0.1) is 11.0 Å². The Morgan fingerprint density at radius 3 is 2.44 bits per heavy atom. The van der Waals surface area contributed by atoms with Gasteiger partial charge in [-0.05, 0) is 48.7 Å². The summed E-state index contributed by atoms with van der Waals surface area (Å²) < 4.78 is 32.9. The second-order valence-corrected chi connectivity index (χ2v) is 9.76. The highest BCUT2D eigenvalue weighted by Gasteiger charge is 2.29. The fourth-order valence-electron chi connectivity index (χ4n) is 3.42. The van der Waals surface area contributed by atoms with Crippen LogP contribution in [-0.2, 0) is 14.8 Å². The van der Waals surface area contributed by atoms with Crippen molar-refractivity contribution >= 4 is 27.4 Å². The van der Waals surface area contributed by atoms with E-state index in [4.69, 9.17) is 17.0 Å². The zero-order valence-corrected chi connectivity index (χ0v) is 17.7. The highest BCUT2D eigenvalue weighted by atomic mass is 32.2. The molecule has 0 bridgehead atoms. The lowest BCUT2D eigenvalue weighted by Gasteiger charge is -2.35. The molecule has 27 heavy (non-hydrogen) atoms. The van der Waals surface area contributed by atoms with Gasteiger partial charge in [0.15, 0.2) is 5.11 Å². The number of nitrogens with zero attached hydrogens (tertiary/aromatic N) is 2. The van der Waals surface area contributed by atoms with E-state index in [9.17, 15) is 8.42 Å². The van der Waals surface area contributed by atoms with Gasteiger partial charge in [-0.1, -0.05) is 26.0 Å². The Kier molecular flexibility index (Phi) is 6.73. The summed E-state index contributed by atoms with van der Waals surface area (Å²) in [6, 6.07) is 7.23. The predicted octanol–water partition coefficient (Wildman–Crippen LogP) is 2.17. The third kappa shape index (κ3) is 4.99. The number of sulfonamides is 1. The minimum absolute atomic E-state index is 0.235. The molecule has 2 heterocycles. The molecule has 1 aromatic rings. The summed E-state index contributed by atoms with van der Waals surface area (Å²) in [4.78, 5) is 2.40. The van der Waals surface area contributed by atoms with Crippen LogP contribution in [0.15, 0.2) is 29.2 Å². The number of thiocarbonyl (C=S) groups is 1. The van der Waals surface area contributed by atoms with Crippen LogP contribution >= 0.6 is 12.2 Å². The smallest absolute Gasteiger partial charge is 0.243 e. The molecule has 0 unspecified atom stereocenters. The van der Waals surface area contributed by atoms with Gasteiger partial charge in [-0.15, -0.1) is 0 Å². The monoisotopic (exact) mass is 411 g/mol. The van der Waals surface area contributed by atoms with E-state index in [2.05, 4.69) is 19.2 Å². The van der Waals surface area contributed by atoms with Gasteiger partial charge < -0.3 is 15.0 Å². The van der Waals surface area contributed by atoms with Crippen LogP contribution in [0.4, 0.5) is 0 Å². The molecular formula is C19H29N3O3S2. The second kappa shape index (κ2) is 8.86. The molecular weight excluding hydrogens is 382 g/mol. The molecule has 1 N–H and O–H groups in total. The van der Waals surface area contributed by atoms with Crippen molar-refractivity contribution in [3.8, 4) is 0 Å². The maximum Gasteiger partial charge on any atom is 0.243 e. The SMILES string of the molecule is CC(C)c1ccc(S(=O)(=O)N2CCN(C(=S)NC[C@H]3CCCO3)CC2)cc1. The van der Waals surface area contributed by atoms with Crippen LogP contribution in [0.1, 0.15) is 38.2 Å². The largest absolute Gasteiger partial charge is 0.376 e. The minimum atomic E-state index is -3.46.